The minimum atomic E-state index is 0.224. The molecule has 0 fully saturated rings. The number of nitrogens with two attached hydrogens (primary N) is 1. The summed E-state index contributed by atoms with van der Waals surface area (Å²) in [5.41, 5.74) is 8.88. The van der Waals surface area contributed by atoms with Gasteiger partial charge in [-0.25, -0.2) is 0 Å². The second-order valence-corrected chi connectivity index (χ2v) is 5.72. The molecule has 2 nitrogen and oxygen atoms in total. The van der Waals surface area contributed by atoms with E-state index in [0.29, 0.717) is 12.0 Å². The summed E-state index contributed by atoms with van der Waals surface area (Å²) in [6, 6.07) is 0.693. The maximum Gasteiger partial charge on any atom is 0.0437 e. The van der Waals surface area contributed by atoms with Crippen LogP contribution in [0, 0.1) is 5.92 Å². The van der Waals surface area contributed by atoms with Gasteiger partial charge in [0.15, 0.2) is 0 Å². The van der Waals surface area contributed by atoms with Gasteiger partial charge in [0.05, 0.1) is 0 Å². The molecule has 0 radical (unpaired) electrons. The highest BCUT2D eigenvalue weighted by molar-refractivity contribution is 5.27. The Morgan fingerprint density at radius 3 is 2.16 bits per heavy atom. The molecule has 0 saturated carbocycles. The van der Waals surface area contributed by atoms with Crippen LogP contribution < -0.4 is 5.73 Å². The molecule has 1 aliphatic rings. The first-order valence-corrected chi connectivity index (χ1v) is 7.30. The van der Waals surface area contributed by atoms with Gasteiger partial charge in [0, 0.05) is 24.3 Å². The predicted octanol–water partition coefficient (Wildman–Crippen LogP) is 4.11. The van der Waals surface area contributed by atoms with Gasteiger partial charge < -0.3 is 10.6 Å². The summed E-state index contributed by atoms with van der Waals surface area (Å²) in [5.74, 6) is 0.691. The maximum atomic E-state index is 6.12. The van der Waals surface area contributed by atoms with E-state index in [4.69, 9.17) is 5.73 Å². The van der Waals surface area contributed by atoms with Gasteiger partial charge in [-0.3, -0.25) is 0 Å². The fourth-order valence-corrected chi connectivity index (χ4v) is 2.55. The molecule has 0 aromatic carbocycles. The Morgan fingerprint density at radius 1 is 1.32 bits per heavy atom. The Hall–Kier alpha value is -1.02. The fourth-order valence-electron chi connectivity index (χ4n) is 2.55. The Morgan fingerprint density at radius 2 is 1.84 bits per heavy atom. The van der Waals surface area contributed by atoms with Crippen molar-refractivity contribution in [3.8, 4) is 0 Å². The number of allylic oxidation sites excluding steroid dienone is 3. The molecule has 2 heteroatoms. The molecule has 0 aromatic heterocycles. The van der Waals surface area contributed by atoms with E-state index in [1.54, 1.807) is 6.08 Å². The van der Waals surface area contributed by atoms with Crippen molar-refractivity contribution in [2.45, 2.75) is 59.5 Å². The summed E-state index contributed by atoms with van der Waals surface area (Å²) in [4.78, 5) is 2.47. The largest absolute Gasteiger partial charge is 0.370 e. The first kappa shape index (κ1) is 18.0. The quantitative estimate of drug-likeness (QED) is 0.757. The van der Waals surface area contributed by atoms with Crippen molar-refractivity contribution in [1.29, 1.82) is 0 Å². The van der Waals surface area contributed by atoms with Gasteiger partial charge in [0.1, 0.15) is 0 Å². The van der Waals surface area contributed by atoms with E-state index in [-0.39, 0.29) is 6.04 Å². The molecule has 0 saturated heterocycles. The van der Waals surface area contributed by atoms with Crippen molar-refractivity contribution < 1.29 is 0 Å². The average Bonchev–Trinajstić information content (AvgIpc) is 2.67. The third-order valence-electron chi connectivity index (χ3n) is 3.48. The first-order chi connectivity index (χ1) is 8.88. The highest BCUT2D eigenvalue weighted by Crippen LogP contribution is 2.28. The number of nitrogens with zero attached hydrogens (tertiary/aromatic N) is 1. The molecule has 0 bridgehead atoms. The summed E-state index contributed by atoms with van der Waals surface area (Å²) in [6.45, 7) is 19.1. The van der Waals surface area contributed by atoms with Crippen molar-refractivity contribution in [2.75, 3.05) is 6.54 Å². The molecule has 0 amide bonds. The smallest absolute Gasteiger partial charge is 0.0437 e. The van der Waals surface area contributed by atoms with E-state index in [1.165, 1.54) is 17.7 Å². The third-order valence-corrected chi connectivity index (χ3v) is 3.48. The van der Waals surface area contributed by atoms with Gasteiger partial charge >= 0.3 is 0 Å². The van der Waals surface area contributed by atoms with Gasteiger partial charge in [-0.2, -0.15) is 0 Å². The monoisotopic (exact) mass is 264 g/mol. The highest BCUT2D eigenvalue weighted by atomic mass is 15.2. The molecule has 0 spiro atoms. The fraction of sp³-hybridized carbons (Fsp3) is 0.647. The maximum absolute atomic E-state index is 6.12. The number of hydrogen-bond acceptors (Lipinski definition) is 2. The van der Waals surface area contributed by atoms with Gasteiger partial charge in [-0.05, 0) is 45.1 Å². The topological polar surface area (TPSA) is 29.3 Å². The SMILES string of the molecule is C=CC.C=CC1=C(C)N(C(CC(C)C)C(C)N)CC1. The summed E-state index contributed by atoms with van der Waals surface area (Å²) >= 11 is 0. The standard InChI is InChI=1S/C14H26N2.C3H6/c1-6-13-7-8-16(12(13)5)14(11(4)15)9-10(2)3;1-3-2/h6,10-11,14H,1,7-9,15H2,2-5H3;3H,1H2,2H3. The van der Waals surface area contributed by atoms with E-state index in [1.807, 2.05) is 13.0 Å². The Balaban J connectivity index is 0.000000982. The van der Waals surface area contributed by atoms with Crippen LogP contribution in [0.2, 0.25) is 0 Å². The third kappa shape index (κ3) is 5.65. The molecule has 1 aliphatic heterocycles. The molecule has 2 N–H and O–H groups in total. The molecule has 110 valence electrons. The average molecular weight is 264 g/mol. The number of rotatable bonds is 5. The summed E-state index contributed by atoms with van der Waals surface area (Å²) in [6.07, 6.45) is 6.03. The molecule has 2 atom stereocenters. The lowest BCUT2D eigenvalue weighted by molar-refractivity contribution is 0.213. The highest BCUT2D eigenvalue weighted by Gasteiger charge is 2.27. The lowest BCUT2D eigenvalue weighted by Crippen LogP contribution is -2.45. The van der Waals surface area contributed by atoms with Crippen LogP contribution in [-0.2, 0) is 0 Å². The molecule has 1 heterocycles. The van der Waals surface area contributed by atoms with Gasteiger partial charge in [0.25, 0.3) is 0 Å². The van der Waals surface area contributed by atoms with Crippen LogP contribution in [0.5, 0.6) is 0 Å². The second kappa shape index (κ2) is 8.98. The van der Waals surface area contributed by atoms with Crippen LogP contribution in [0.3, 0.4) is 0 Å². The van der Waals surface area contributed by atoms with Crippen LogP contribution in [0.1, 0.15) is 47.5 Å². The van der Waals surface area contributed by atoms with E-state index >= 15 is 0 Å². The lowest BCUT2D eigenvalue weighted by atomic mass is 9.97. The molecular formula is C17H32N2. The van der Waals surface area contributed by atoms with Crippen molar-refractivity contribution in [3.63, 3.8) is 0 Å². The first-order valence-electron chi connectivity index (χ1n) is 7.30. The van der Waals surface area contributed by atoms with Gasteiger partial charge in [-0.1, -0.05) is 32.6 Å². The van der Waals surface area contributed by atoms with Gasteiger partial charge in [0.2, 0.25) is 0 Å². The molecule has 0 aliphatic carbocycles. The lowest BCUT2D eigenvalue weighted by Gasteiger charge is -2.35. The Bertz CT molecular complexity index is 313. The minimum absolute atomic E-state index is 0.224. The van der Waals surface area contributed by atoms with Crippen LogP contribution in [0.4, 0.5) is 0 Å². The van der Waals surface area contributed by atoms with Crippen LogP contribution in [0.25, 0.3) is 0 Å². The van der Waals surface area contributed by atoms with Crippen LogP contribution in [-0.4, -0.2) is 23.5 Å². The molecule has 19 heavy (non-hydrogen) atoms. The van der Waals surface area contributed by atoms with E-state index in [0.717, 1.165) is 13.0 Å². The van der Waals surface area contributed by atoms with E-state index in [9.17, 15) is 0 Å². The Kier molecular flexibility index (Phi) is 8.49. The zero-order valence-electron chi connectivity index (χ0n) is 13.4. The van der Waals surface area contributed by atoms with Crippen molar-refractivity contribution in [3.05, 3.63) is 36.6 Å². The molecular weight excluding hydrogens is 232 g/mol. The predicted molar refractivity (Wildman–Crippen MR) is 87.0 cm³/mol. The number of hydrogen-bond donors (Lipinski definition) is 1. The summed E-state index contributed by atoms with van der Waals surface area (Å²) < 4.78 is 0. The summed E-state index contributed by atoms with van der Waals surface area (Å²) in [7, 11) is 0. The van der Waals surface area contributed by atoms with Crippen LogP contribution in [0.15, 0.2) is 36.6 Å². The van der Waals surface area contributed by atoms with E-state index < -0.39 is 0 Å². The van der Waals surface area contributed by atoms with Crippen molar-refractivity contribution in [2.24, 2.45) is 11.7 Å². The molecule has 2 unspecified atom stereocenters. The minimum Gasteiger partial charge on any atom is -0.370 e. The van der Waals surface area contributed by atoms with Crippen LogP contribution >= 0.6 is 0 Å². The zero-order chi connectivity index (χ0) is 15.0. The molecule has 0 aromatic rings. The second-order valence-electron chi connectivity index (χ2n) is 5.72. The zero-order valence-corrected chi connectivity index (χ0v) is 13.4. The van der Waals surface area contributed by atoms with E-state index in [2.05, 4.69) is 45.8 Å². The Labute approximate surface area is 120 Å². The normalized spacial score (nSPS) is 17.9. The van der Waals surface area contributed by atoms with Crippen molar-refractivity contribution in [1.82, 2.24) is 4.90 Å². The molecule has 1 rings (SSSR count). The van der Waals surface area contributed by atoms with Gasteiger partial charge in [-0.15, -0.1) is 6.58 Å². The summed E-state index contributed by atoms with van der Waals surface area (Å²) in [5, 5.41) is 0. The van der Waals surface area contributed by atoms with Crippen molar-refractivity contribution >= 4 is 0 Å².